The number of rotatable bonds is 11. The fourth-order valence-corrected chi connectivity index (χ4v) is 6.11. The van der Waals surface area contributed by atoms with Gasteiger partial charge in [-0.1, -0.05) is 58.8 Å². The normalized spacial score (nSPS) is 18.0. The smallest absolute Gasteiger partial charge is 0.192 e. The molecule has 0 radical (unpaired) electrons. The van der Waals surface area contributed by atoms with Crippen LogP contribution in [0.4, 0.5) is 0 Å². The van der Waals surface area contributed by atoms with Crippen LogP contribution in [0.25, 0.3) is 0 Å². The number of hydrogen-bond acceptors (Lipinski definition) is 2. The first-order valence-corrected chi connectivity index (χ1v) is 12.0. The highest BCUT2D eigenvalue weighted by Gasteiger charge is 2.36. The summed E-state index contributed by atoms with van der Waals surface area (Å²) in [6, 6.07) is 3.43. The van der Waals surface area contributed by atoms with Gasteiger partial charge in [0.2, 0.25) is 0 Å². The van der Waals surface area contributed by atoms with Gasteiger partial charge in [-0.15, -0.1) is 0 Å². The molecule has 0 amide bonds. The number of allylic oxidation sites excluding steroid dienone is 3. The molecule has 136 valence electrons. The van der Waals surface area contributed by atoms with E-state index in [0.29, 0.717) is 0 Å². The molecule has 1 unspecified atom stereocenters. The Hall–Kier alpha value is -0.383. The topological polar surface area (TPSA) is 29.5 Å². The van der Waals surface area contributed by atoms with Crippen molar-refractivity contribution in [2.45, 2.75) is 98.6 Å². The molecule has 23 heavy (non-hydrogen) atoms. The van der Waals surface area contributed by atoms with Gasteiger partial charge < -0.3 is 9.53 Å². The molecule has 0 spiro atoms. The van der Waals surface area contributed by atoms with Gasteiger partial charge in [-0.25, -0.2) is 0 Å². The van der Waals surface area contributed by atoms with Gasteiger partial charge in [-0.05, 0) is 50.9 Å². The SMILES string of the molecule is C/C=C(C)/C=C(\C)[C@@H](O[Si](CC)(CC)CC)[C@@H](C)C(O)CCC. The van der Waals surface area contributed by atoms with Crippen molar-refractivity contribution in [1.29, 1.82) is 0 Å². The van der Waals surface area contributed by atoms with Crippen LogP contribution in [-0.2, 0) is 4.43 Å². The molecule has 0 aromatic heterocycles. The Labute approximate surface area is 146 Å². The van der Waals surface area contributed by atoms with Gasteiger partial charge in [-0.3, -0.25) is 0 Å². The Morgan fingerprint density at radius 1 is 1.09 bits per heavy atom. The maximum absolute atomic E-state index is 10.5. The first-order valence-electron chi connectivity index (χ1n) is 9.47. The van der Waals surface area contributed by atoms with E-state index in [9.17, 15) is 5.11 Å². The monoisotopic (exact) mass is 340 g/mol. The van der Waals surface area contributed by atoms with Gasteiger partial charge in [0.15, 0.2) is 8.32 Å². The van der Waals surface area contributed by atoms with Crippen molar-refractivity contribution < 1.29 is 9.53 Å². The maximum atomic E-state index is 10.5. The van der Waals surface area contributed by atoms with Crippen LogP contribution >= 0.6 is 0 Å². The standard InChI is InChI=1S/C20H40O2Si/c1-9-14-19(21)18(8)20(17(7)15-16(6)10-2)22-23(11-3,12-4)13-5/h10,15,18-21H,9,11-14H2,1-8H3/b16-10+,17-15+/t18-,19?,20+/m0/s1. The van der Waals surface area contributed by atoms with Crippen LogP contribution in [0.2, 0.25) is 18.1 Å². The lowest BCUT2D eigenvalue weighted by molar-refractivity contribution is 0.0407. The van der Waals surface area contributed by atoms with Crippen LogP contribution in [0.1, 0.15) is 68.2 Å². The second kappa shape index (κ2) is 11.2. The molecule has 0 aliphatic carbocycles. The molecule has 0 aliphatic heterocycles. The van der Waals surface area contributed by atoms with Gasteiger partial charge in [0.1, 0.15) is 0 Å². The van der Waals surface area contributed by atoms with Crippen LogP contribution in [-0.4, -0.2) is 25.6 Å². The molecule has 1 N–H and O–H groups in total. The van der Waals surface area contributed by atoms with E-state index in [1.165, 1.54) is 11.1 Å². The molecule has 0 rings (SSSR count). The molecule has 0 aromatic carbocycles. The molecule has 0 saturated carbocycles. The van der Waals surface area contributed by atoms with Crippen molar-refractivity contribution in [2.24, 2.45) is 5.92 Å². The van der Waals surface area contributed by atoms with Crippen LogP contribution in [0, 0.1) is 5.92 Å². The van der Waals surface area contributed by atoms with Gasteiger partial charge in [0.25, 0.3) is 0 Å². The van der Waals surface area contributed by atoms with Gasteiger partial charge in [0.05, 0.1) is 12.2 Å². The van der Waals surface area contributed by atoms with Gasteiger partial charge >= 0.3 is 0 Å². The zero-order valence-electron chi connectivity index (χ0n) is 16.8. The molecule has 0 saturated heterocycles. The lowest BCUT2D eigenvalue weighted by Gasteiger charge is -2.38. The van der Waals surface area contributed by atoms with Crippen molar-refractivity contribution in [3.05, 3.63) is 23.3 Å². The summed E-state index contributed by atoms with van der Waals surface area (Å²) in [6.45, 7) is 17.4. The highest BCUT2D eigenvalue weighted by Crippen LogP contribution is 2.31. The molecule has 3 heteroatoms. The largest absolute Gasteiger partial charge is 0.410 e. The summed E-state index contributed by atoms with van der Waals surface area (Å²) < 4.78 is 6.81. The van der Waals surface area contributed by atoms with E-state index in [1.54, 1.807) is 0 Å². The molecule has 0 bridgehead atoms. The van der Waals surface area contributed by atoms with Crippen LogP contribution in [0.5, 0.6) is 0 Å². The lowest BCUT2D eigenvalue weighted by atomic mass is 9.90. The molecule has 2 nitrogen and oxygen atoms in total. The minimum absolute atomic E-state index is 0.0259. The van der Waals surface area contributed by atoms with E-state index in [0.717, 1.165) is 31.0 Å². The Balaban J connectivity index is 5.57. The highest BCUT2D eigenvalue weighted by atomic mass is 28.4. The summed E-state index contributed by atoms with van der Waals surface area (Å²) in [5.74, 6) is 0.132. The third-order valence-corrected chi connectivity index (χ3v) is 9.96. The van der Waals surface area contributed by atoms with E-state index in [4.69, 9.17) is 4.43 Å². The number of aliphatic hydroxyl groups is 1. The number of hydrogen-bond donors (Lipinski definition) is 1. The molecule has 0 heterocycles. The summed E-state index contributed by atoms with van der Waals surface area (Å²) >= 11 is 0. The minimum Gasteiger partial charge on any atom is -0.410 e. The number of aliphatic hydroxyl groups excluding tert-OH is 1. The molecule has 0 aliphatic rings. The van der Waals surface area contributed by atoms with Crippen molar-refractivity contribution in [1.82, 2.24) is 0 Å². The average Bonchev–Trinajstić information content (AvgIpc) is 2.56. The fourth-order valence-electron chi connectivity index (χ4n) is 3.17. The maximum Gasteiger partial charge on any atom is 0.192 e. The molecule has 3 atom stereocenters. The summed E-state index contributed by atoms with van der Waals surface area (Å²) in [5, 5.41) is 10.5. The van der Waals surface area contributed by atoms with E-state index in [2.05, 4.69) is 67.5 Å². The lowest BCUT2D eigenvalue weighted by Crippen LogP contribution is -2.44. The molecule has 0 fully saturated rings. The summed E-state index contributed by atoms with van der Waals surface area (Å²) in [6.07, 6.45) is 5.93. The van der Waals surface area contributed by atoms with E-state index < -0.39 is 8.32 Å². The fraction of sp³-hybridized carbons (Fsp3) is 0.800. The predicted molar refractivity (Wildman–Crippen MR) is 105 cm³/mol. The summed E-state index contributed by atoms with van der Waals surface area (Å²) in [7, 11) is -1.71. The average molecular weight is 341 g/mol. The Morgan fingerprint density at radius 2 is 1.61 bits per heavy atom. The second-order valence-electron chi connectivity index (χ2n) is 6.92. The zero-order valence-corrected chi connectivity index (χ0v) is 17.8. The van der Waals surface area contributed by atoms with E-state index in [1.807, 2.05) is 0 Å². The van der Waals surface area contributed by atoms with Crippen molar-refractivity contribution >= 4 is 8.32 Å². The zero-order chi connectivity index (χ0) is 18.0. The molecular weight excluding hydrogens is 300 g/mol. The van der Waals surface area contributed by atoms with Crippen LogP contribution in [0.3, 0.4) is 0 Å². The third kappa shape index (κ3) is 6.94. The second-order valence-corrected chi connectivity index (χ2v) is 11.6. The van der Waals surface area contributed by atoms with Crippen LogP contribution in [0.15, 0.2) is 23.3 Å². The predicted octanol–water partition coefficient (Wildman–Crippen LogP) is 6.09. The molecule has 0 aromatic rings. The van der Waals surface area contributed by atoms with Gasteiger partial charge in [-0.2, -0.15) is 0 Å². The van der Waals surface area contributed by atoms with Crippen molar-refractivity contribution in [3.8, 4) is 0 Å². The first-order chi connectivity index (χ1) is 10.8. The van der Waals surface area contributed by atoms with Crippen molar-refractivity contribution in [3.63, 3.8) is 0 Å². The Bertz CT molecular complexity index is 375. The Kier molecular flexibility index (Phi) is 11.0. The Morgan fingerprint density at radius 3 is 2.00 bits per heavy atom. The highest BCUT2D eigenvalue weighted by molar-refractivity contribution is 6.73. The van der Waals surface area contributed by atoms with Gasteiger partial charge in [0, 0.05) is 5.92 Å². The minimum atomic E-state index is -1.71. The first kappa shape index (κ1) is 22.6. The summed E-state index contributed by atoms with van der Waals surface area (Å²) in [4.78, 5) is 0. The molecular formula is C20H40O2Si. The third-order valence-electron chi connectivity index (χ3n) is 5.34. The van der Waals surface area contributed by atoms with E-state index in [-0.39, 0.29) is 18.1 Å². The van der Waals surface area contributed by atoms with Crippen LogP contribution < -0.4 is 0 Å². The quantitative estimate of drug-likeness (QED) is 0.364. The van der Waals surface area contributed by atoms with Crippen molar-refractivity contribution in [2.75, 3.05) is 0 Å². The summed E-state index contributed by atoms with van der Waals surface area (Å²) in [5.41, 5.74) is 2.50. The van der Waals surface area contributed by atoms with E-state index >= 15 is 0 Å².